The molecule has 0 aromatic rings. The Hall–Kier alpha value is -0.930. The van der Waals surface area contributed by atoms with Crippen molar-refractivity contribution in [1.82, 2.24) is 10.2 Å². The summed E-state index contributed by atoms with van der Waals surface area (Å²) in [5.41, 5.74) is 0. The molecule has 1 rings (SSSR count). The van der Waals surface area contributed by atoms with Gasteiger partial charge < -0.3 is 14.4 Å². The van der Waals surface area contributed by atoms with E-state index in [9.17, 15) is 14.4 Å². The summed E-state index contributed by atoms with van der Waals surface area (Å²) in [6, 6.07) is -1.68. The van der Waals surface area contributed by atoms with Crippen LogP contribution in [0.15, 0.2) is 0 Å². The Morgan fingerprint density at radius 3 is 2.54 bits per heavy atom. The van der Waals surface area contributed by atoms with Crippen molar-refractivity contribution in [3.8, 4) is 0 Å². The molecule has 1 heterocycles. The number of amides is 1. The van der Waals surface area contributed by atoms with E-state index in [2.05, 4.69) is 12.2 Å². The van der Waals surface area contributed by atoms with E-state index in [1.165, 1.54) is 7.11 Å². The van der Waals surface area contributed by atoms with Gasteiger partial charge in [0.2, 0.25) is 5.91 Å². The Labute approximate surface area is 177 Å². The molecular weight excluding hydrogens is 400 g/mol. The van der Waals surface area contributed by atoms with Gasteiger partial charge in [-0.1, -0.05) is 6.92 Å². The van der Waals surface area contributed by atoms with Crippen LogP contribution in [0.1, 0.15) is 40.0 Å². The molecule has 0 aliphatic carbocycles. The van der Waals surface area contributed by atoms with Gasteiger partial charge in [0.05, 0.1) is 19.8 Å². The zero-order chi connectivity index (χ0) is 20.9. The lowest BCUT2D eigenvalue weighted by Gasteiger charge is -2.28. The Bertz CT molecular complexity index is 507. The van der Waals surface area contributed by atoms with Crippen molar-refractivity contribution in [3.63, 3.8) is 0 Å². The van der Waals surface area contributed by atoms with Crippen molar-refractivity contribution in [2.24, 2.45) is 0 Å². The molecule has 1 fully saturated rings. The van der Waals surface area contributed by atoms with Gasteiger partial charge in [0, 0.05) is 23.8 Å². The lowest BCUT2D eigenvalue weighted by molar-refractivity contribution is -0.152. The molecule has 1 saturated heterocycles. The fourth-order valence-corrected chi connectivity index (χ4v) is 5.10. The van der Waals surface area contributed by atoms with Crippen LogP contribution in [-0.2, 0) is 23.9 Å². The molecule has 3 atom stereocenters. The zero-order valence-corrected chi connectivity index (χ0v) is 19.0. The fraction of sp³-hybridized carbons (Fsp3) is 0.842. The van der Waals surface area contributed by atoms with Gasteiger partial charge in [0.15, 0.2) is 0 Å². The smallest absolute Gasteiger partial charge is 0.328 e. The van der Waals surface area contributed by atoms with E-state index >= 15 is 0 Å². The van der Waals surface area contributed by atoms with Crippen LogP contribution < -0.4 is 5.32 Å². The number of thioether (sulfide) groups is 2. The Balaban J connectivity index is 2.61. The third-order valence-electron chi connectivity index (χ3n) is 4.41. The van der Waals surface area contributed by atoms with Crippen molar-refractivity contribution < 1.29 is 23.9 Å². The van der Waals surface area contributed by atoms with Gasteiger partial charge in [0.25, 0.3) is 0 Å². The molecule has 28 heavy (non-hydrogen) atoms. The summed E-state index contributed by atoms with van der Waals surface area (Å²) in [7, 11) is 1.33. The first-order valence-electron chi connectivity index (χ1n) is 9.92. The number of ether oxygens (including phenoxy) is 2. The first-order chi connectivity index (χ1) is 13.5. The number of carbonyl (C=O) groups excluding carboxylic acids is 3. The molecule has 1 aliphatic heterocycles. The van der Waals surface area contributed by atoms with E-state index < -0.39 is 18.1 Å². The van der Waals surface area contributed by atoms with E-state index in [-0.39, 0.29) is 17.8 Å². The number of methoxy groups -OCH3 is 1. The van der Waals surface area contributed by atoms with E-state index in [1.54, 1.807) is 30.5 Å². The number of rotatable bonds is 13. The van der Waals surface area contributed by atoms with E-state index in [1.807, 2.05) is 11.8 Å². The summed E-state index contributed by atoms with van der Waals surface area (Å²) >= 11 is 3.58. The number of nitrogens with zero attached hydrogens (tertiary/aromatic N) is 1. The van der Waals surface area contributed by atoms with Crippen LogP contribution in [0.25, 0.3) is 0 Å². The lowest BCUT2D eigenvalue weighted by Crippen LogP contribution is -2.54. The molecule has 0 bridgehead atoms. The van der Waals surface area contributed by atoms with Crippen molar-refractivity contribution in [1.29, 1.82) is 0 Å². The molecule has 1 amide bonds. The maximum absolute atomic E-state index is 12.8. The minimum Gasteiger partial charge on any atom is -0.467 e. The molecule has 0 spiro atoms. The van der Waals surface area contributed by atoms with Crippen LogP contribution in [0.3, 0.4) is 0 Å². The Kier molecular flexibility index (Phi) is 12.7. The second-order valence-corrected chi connectivity index (χ2v) is 8.97. The summed E-state index contributed by atoms with van der Waals surface area (Å²) in [4.78, 5) is 38.6. The molecule has 7 nitrogen and oxygen atoms in total. The maximum Gasteiger partial charge on any atom is 0.328 e. The molecule has 0 radical (unpaired) electrons. The molecule has 162 valence electrons. The molecule has 0 aromatic carbocycles. The minimum absolute atomic E-state index is 0.189. The molecule has 1 aliphatic rings. The monoisotopic (exact) mass is 434 g/mol. The fourth-order valence-electron chi connectivity index (χ4n) is 3.03. The van der Waals surface area contributed by atoms with Crippen LogP contribution in [-0.4, -0.2) is 84.1 Å². The van der Waals surface area contributed by atoms with Gasteiger partial charge >= 0.3 is 11.9 Å². The molecular formula is C19H34N2O5S2. The summed E-state index contributed by atoms with van der Waals surface area (Å²) < 4.78 is 9.97. The Morgan fingerprint density at radius 2 is 1.89 bits per heavy atom. The highest BCUT2D eigenvalue weighted by Gasteiger charge is 2.37. The van der Waals surface area contributed by atoms with Crippen LogP contribution >= 0.6 is 23.5 Å². The average Bonchev–Trinajstić information content (AvgIpc) is 3.18. The van der Waals surface area contributed by atoms with E-state index in [0.717, 1.165) is 30.1 Å². The average molecular weight is 435 g/mol. The summed E-state index contributed by atoms with van der Waals surface area (Å²) in [5.74, 6) is 2.75. The quantitative estimate of drug-likeness (QED) is 0.348. The highest BCUT2D eigenvalue weighted by molar-refractivity contribution is 8.02. The molecule has 0 unspecified atom stereocenters. The van der Waals surface area contributed by atoms with Gasteiger partial charge in [-0.15, -0.1) is 0 Å². The lowest BCUT2D eigenvalue weighted by atomic mass is 10.2. The standard InChI is InChI=1S/C19H34N2O5S2/c1-5-10-27-11-12-28-13-15(18(23)26-6-2)20-14(3)17(22)21-9-7-8-16(21)19(24)25-4/h14-16,20H,5-13H2,1-4H3/t14-,15-,16-/m0/s1. The molecule has 0 saturated carbocycles. The third-order valence-corrected chi connectivity index (χ3v) is 6.92. The summed E-state index contributed by atoms with van der Waals surface area (Å²) in [5, 5.41) is 3.11. The number of carbonyl (C=O) groups is 3. The van der Waals surface area contributed by atoms with Crippen LogP contribution in [0.2, 0.25) is 0 Å². The molecule has 9 heteroatoms. The van der Waals surface area contributed by atoms with Crippen molar-refractivity contribution in [2.45, 2.75) is 58.2 Å². The van der Waals surface area contributed by atoms with Crippen LogP contribution in [0, 0.1) is 0 Å². The number of hydrogen-bond donors (Lipinski definition) is 1. The summed E-state index contributed by atoms with van der Waals surface area (Å²) in [6.07, 6.45) is 2.54. The maximum atomic E-state index is 12.8. The summed E-state index contributed by atoms with van der Waals surface area (Å²) in [6.45, 7) is 6.47. The highest BCUT2D eigenvalue weighted by Crippen LogP contribution is 2.20. The predicted molar refractivity (Wildman–Crippen MR) is 115 cm³/mol. The number of esters is 2. The van der Waals surface area contributed by atoms with Crippen LogP contribution in [0.5, 0.6) is 0 Å². The van der Waals surface area contributed by atoms with Gasteiger partial charge in [-0.25, -0.2) is 4.79 Å². The molecule has 0 aromatic heterocycles. The second kappa shape index (κ2) is 14.1. The largest absolute Gasteiger partial charge is 0.467 e. The zero-order valence-electron chi connectivity index (χ0n) is 17.4. The minimum atomic E-state index is -0.588. The van der Waals surface area contributed by atoms with E-state index in [0.29, 0.717) is 25.3 Å². The van der Waals surface area contributed by atoms with Gasteiger partial charge in [-0.3, -0.25) is 14.9 Å². The van der Waals surface area contributed by atoms with Crippen molar-refractivity contribution >= 4 is 41.4 Å². The topological polar surface area (TPSA) is 84.9 Å². The first-order valence-corrected chi connectivity index (χ1v) is 12.2. The number of nitrogens with one attached hydrogen (secondary N) is 1. The molecule has 1 N–H and O–H groups in total. The van der Waals surface area contributed by atoms with Gasteiger partial charge in [-0.2, -0.15) is 23.5 Å². The third kappa shape index (κ3) is 8.21. The SMILES string of the molecule is CCCSCCSC[C@H](N[C@@H](C)C(=O)N1CCC[C@H]1C(=O)OC)C(=O)OCC. The Morgan fingerprint density at radius 1 is 1.18 bits per heavy atom. The first kappa shape index (κ1) is 25.1. The highest BCUT2D eigenvalue weighted by atomic mass is 32.2. The van der Waals surface area contributed by atoms with Gasteiger partial charge in [0.1, 0.15) is 12.1 Å². The van der Waals surface area contributed by atoms with Crippen molar-refractivity contribution in [3.05, 3.63) is 0 Å². The van der Waals surface area contributed by atoms with E-state index in [4.69, 9.17) is 9.47 Å². The van der Waals surface area contributed by atoms with Crippen molar-refractivity contribution in [2.75, 3.05) is 43.3 Å². The normalized spacial score (nSPS) is 18.6. The number of hydrogen-bond acceptors (Lipinski definition) is 8. The van der Waals surface area contributed by atoms with Crippen LogP contribution in [0.4, 0.5) is 0 Å². The second-order valence-electron chi connectivity index (χ2n) is 6.59. The number of likely N-dealkylation sites (tertiary alicyclic amines) is 1. The predicted octanol–water partition coefficient (Wildman–Crippen LogP) is 1.94. The van der Waals surface area contributed by atoms with Gasteiger partial charge in [-0.05, 0) is 38.9 Å².